The first-order valence-corrected chi connectivity index (χ1v) is 12.6. The summed E-state index contributed by atoms with van der Waals surface area (Å²) in [7, 11) is 0. The molecule has 1 saturated carbocycles. The van der Waals surface area contributed by atoms with E-state index in [2.05, 4.69) is 5.32 Å². The van der Waals surface area contributed by atoms with Gasteiger partial charge in [0, 0.05) is 17.3 Å². The van der Waals surface area contributed by atoms with Crippen molar-refractivity contribution in [2.75, 3.05) is 18.1 Å². The van der Waals surface area contributed by atoms with Gasteiger partial charge in [0.15, 0.2) is 11.5 Å². The van der Waals surface area contributed by atoms with Crippen LogP contribution in [0.15, 0.2) is 60.7 Å². The lowest BCUT2D eigenvalue weighted by Crippen LogP contribution is -2.46. The van der Waals surface area contributed by atoms with Gasteiger partial charge in [-0.15, -0.1) is 0 Å². The Hall–Kier alpha value is -3.78. The van der Waals surface area contributed by atoms with Crippen molar-refractivity contribution < 1.29 is 28.6 Å². The number of carbonyl (C=O) groups is 2. The van der Waals surface area contributed by atoms with E-state index in [-0.39, 0.29) is 34.0 Å². The molecule has 0 spiro atoms. The molecule has 1 atom stereocenters. The number of ether oxygens (including phenoxy) is 2. The molecule has 0 radical (unpaired) electrons. The molecule has 5 rings (SSSR count). The molecule has 1 fully saturated rings. The maximum Gasteiger partial charge on any atom is 0.259 e. The molecule has 1 heterocycles. The van der Waals surface area contributed by atoms with Gasteiger partial charge in [-0.1, -0.05) is 36.6 Å². The van der Waals surface area contributed by atoms with Crippen molar-refractivity contribution in [3.8, 4) is 17.2 Å². The quantitative estimate of drug-likeness (QED) is 0.450. The van der Waals surface area contributed by atoms with Gasteiger partial charge in [-0.3, -0.25) is 14.5 Å². The SMILES string of the molecule is O=C(NC1CCCC1)[C@@H](c1ccc(O)cc1)N(C(=O)c1ccc2c(c1)OCCO2)c1ccc(F)c(Cl)c1. The molecule has 0 aromatic heterocycles. The summed E-state index contributed by atoms with van der Waals surface area (Å²) < 4.78 is 25.3. The maximum absolute atomic E-state index is 14.1. The van der Waals surface area contributed by atoms with E-state index in [1.54, 1.807) is 30.3 Å². The number of nitrogens with zero attached hydrogens (tertiary/aromatic N) is 1. The van der Waals surface area contributed by atoms with E-state index < -0.39 is 17.8 Å². The van der Waals surface area contributed by atoms with E-state index in [4.69, 9.17) is 21.1 Å². The number of anilines is 1. The third-order valence-corrected chi connectivity index (χ3v) is 6.90. The Morgan fingerprint density at radius 3 is 2.38 bits per heavy atom. The average Bonchev–Trinajstić information content (AvgIpc) is 3.42. The first-order valence-electron chi connectivity index (χ1n) is 12.2. The largest absolute Gasteiger partial charge is 0.508 e. The van der Waals surface area contributed by atoms with Gasteiger partial charge in [0.2, 0.25) is 5.91 Å². The van der Waals surface area contributed by atoms with Gasteiger partial charge in [-0.25, -0.2) is 4.39 Å². The normalized spacial score (nSPS) is 15.7. The summed E-state index contributed by atoms with van der Waals surface area (Å²) in [5.41, 5.74) is 0.965. The molecule has 3 aromatic carbocycles. The molecule has 7 nitrogen and oxygen atoms in total. The Bertz CT molecular complexity index is 1310. The summed E-state index contributed by atoms with van der Waals surface area (Å²) in [5, 5.41) is 12.8. The summed E-state index contributed by atoms with van der Waals surface area (Å²) in [5.74, 6) is -0.579. The van der Waals surface area contributed by atoms with Crippen LogP contribution in [-0.4, -0.2) is 36.2 Å². The average molecular weight is 525 g/mol. The molecule has 1 aliphatic heterocycles. The third kappa shape index (κ3) is 5.34. The van der Waals surface area contributed by atoms with Crippen LogP contribution in [0.3, 0.4) is 0 Å². The third-order valence-electron chi connectivity index (χ3n) is 6.61. The fourth-order valence-corrected chi connectivity index (χ4v) is 4.93. The molecule has 0 saturated heterocycles. The zero-order chi connectivity index (χ0) is 25.9. The minimum absolute atomic E-state index is 0.00448. The van der Waals surface area contributed by atoms with Gasteiger partial charge in [0.25, 0.3) is 5.91 Å². The van der Waals surface area contributed by atoms with Crippen LogP contribution in [0.1, 0.15) is 47.6 Å². The van der Waals surface area contributed by atoms with Gasteiger partial charge >= 0.3 is 0 Å². The second-order valence-corrected chi connectivity index (χ2v) is 9.52. The molecule has 0 bridgehead atoms. The van der Waals surface area contributed by atoms with Gasteiger partial charge in [0.05, 0.1) is 5.02 Å². The number of phenols is 1. The lowest BCUT2D eigenvalue weighted by Gasteiger charge is -2.33. The molecule has 3 aromatic rings. The molecule has 192 valence electrons. The molecule has 0 unspecified atom stereocenters. The number of halogens is 2. The molecule has 2 aliphatic rings. The first-order chi connectivity index (χ1) is 17.9. The van der Waals surface area contributed by atoms with Gasteiger partial charge in [-0.05, 0) is 66.9 Å². The van der Waals surface area contributed by atoms with E-state index >= 15 is 0 Å². The van der Waals surface area contributed by atoms with E-state index in [0.29, 0.717) is 30.3 Å². The lowest BCUT2D eigenvalue weighted by atomic mass is 10.0. The van der Waals surface area contributed by atoms with E-state index in [1.807, 2.05) is 0 Å². The molecule has 9 heteroatoms. The van der Waals surface area contributed by atoms with Crippen LogP contribution in [0.5, 0.6) is 17.2 Å². The predicted octanol–water partition coefficient (Wildman–Crippen LogP) is 5.40. The Kier molecular flexibility index (Phi) is 7.19. The summed E-state index contributed by atoms with van der Waals surface area (Å²) in [6.07, 6.45) is 3.74. The highest BCUT2D eigenvalue weighted by Crippen LogP contribution is 2.36. The standard InChI is InChI=1S/C28H26ClFN2O5/c29-22-16-20(8-11-23(22)30)32(28(35)18-7-12-24-25(15-18)37-14-13-36-24)26(17-5-9-21(33)10-6-17)27(34)31-19-3-1-2-4-19/h5-12,15-16,19,26,33H,1-4,13-14H2,(H,31,34)/t26-/m1/s1. The number of hydrogen-bond acceptors (Lipinski definition) is 5. The van der Waals surface area contributed by atoms with Crippen LogP contribution >= 0.6 is 11.6 Å². The summed E-state index contributed by atoms with van der Waals surface area (Å²) >= 11 is 6.11. The van der Waals surface area contributed by atoms with Gasteiger partial charge in [0.1, 0.15) is 30.8 Å². The van der Waals surface area contributed by atoms with Crippen LogP contribution in [0.2, 0.25) is 5.02 Å². The second-order valence-electron chi connectivity index (χ2n) is 9.12. The predicted molar refractivity (Wildman–Crippen MR) is 137 cm³/mol. The Labute approximate surface area is 218 Å². The van der Waals surface area contributed by atoms with Gasteiger partial charge < -0.3 is 19.9 Å². The van der Waals surface area contributed by atoms with Crippen LogP contribution in [0.25, 0.3) is 0 Å². The number of nitrogens with one attached hydrogen (secondary N) is 1. The van der Waals surface area contributed by atoms with E-state index in [9.17, 15) is 19.1 Å². The minimum Gasteiger partial charge on any atom is -0.508 e. The van der Waals surface area contributed by atoms with Crippen molar-refractivity contribution in [1.82, 2.24) is 5.32 Å². The highest BCUT2D eigenvalue weighted by Gasteiger charge is 2.35. The molecule has 2 amide bonds. The molecule has 1 aliphatic carbocycles. The van der Waals surface area contributed by atoms with Crippen molar-refractivity contribution >= 4 is 29.1 Å². The summed E-state index contributed by atoms with van der Waals surface area (Å²) in [6, 6.07) is 13.7. The fourth-order valence-electron chi connectivity index (χ4n) is 4.76. The van der Waals surface area contributed by atoms with Gasteiger partial charge in [-0.2, -0.15) is 0 Å². The molecular weight excluding hydrogens is 499 g/mol. The van der Waals surface area contributed by atoms with Crippen LogP contribution in [-0.2, 0) is 4.79 Å². The minimum atomic E-state index is -1.12. The zero-order valence-corrected chi connectivity index (χ0v) is 20.7. The number of fused-ring (bicyclic) bond motifs is 1. The van der Waals surface area contributed by atoms with E-state index in [0.717, 1.165) is 31.7 Å². The van der Waals surface area contributed by atoms with Crippen LogP contribution < -0.4 is 19.7 Å². The Morgan fingerprint density at radius 1 is 0.973 bits per heavy atom. The van der Waals surface area contributed by atoms with Crippen molar-refractivity contribution in [2.24, 2.45) is 0 Å². The summed E-state index contributed by atoms with van der Waals surface area (Å²) in [6.45, 7) is 0.757. The monoisotopic (exact) mass is 524 g/mol. The molecule has 2 N–H and O–H groups in total. The first kappa shape index (κ1) is 24.9. The number of carbonyl (C=O) groups excluding carboxylic acids is 2. The maximum atomic E-state index is 14.1. The number of hydrogen-bond donors (Lipinski definition) is 2. The van der Waals surface area contributed by atoms with Crippen molar-refractivity contribution in [2.45, 2.75) is 37.8 Å². The number of benzene rings is 3. The summed E-state index contributed by atoms with van der Waals surface area (Å²) in [4.78, 5) is 29.2. The Balaban J connectivity index is 1.62. The number of phenolic OH excluding ortho intramolecular Hbond substituents is 1. The number of amides is 2. The van der Waals surface area contributed by atoms with Crippen molar-refractivity contribution in [1.29, 1.82) is 0 Å². The molecular formula is C28H26ClFN2O5. The topological polar surface area (TPSA) is 88.1 Å². The zero-order valence-electron chi connectivity index (χ0n) is 20.0. The highest BCUT2D eigenvalue weighted by atomic mass is 35.5. The second kappa shape index (κ2) is 10.7. The van der Waals surface area contributed by atoms with Crippen LogP contribution in [0.4, 0.5) is 10.1 Å². The highest BCUT2D eigenvalue weighted by molar-refractivity contribution is 6.31. The Morgan fingerprint density at radius 2 is 1.68 bits per heavy atom. The molecule has 37 heavy (non-hydrogen) atoms. The van der Waals surface area contributed by atoms with E-state index in [1.165, 1.54) is 29.2 Å². The number of rotatable bonds is 6. The number of aromatic hydroxyl groups is 1. The smallest absolute Gasteiger partial charge is 0.259 e. The van der Waals surface area contributed by atoms with Crippen LogP contribution in [0, 0.1) is 5.82 Å². The lowest BCUT2D eigenvalue weighted by molar-refractivity contribution is -0.123. The fraction of sp³-hybridized carbons (Fsp3) is 0.286. The van der Waals surface area contributed by atoms with Crippen molar-refractivity contribution in [3.63, 3.8) is 0 Å². The van der Waals surface area contributed by atoms with Crippen molar-refractivity contribution in [3.05, 3.63) is 82.6 Å².